The van der Waals surface area contributed by atoms with Gasteiger partial charge in [0.25, 0.3) is 0 Å². The van der Waals surface area contributed by atoms with Crippen LogP contribution < -0.4 is 10.5 Å². The summed E-state index contributed by atoms with van der Waals surface area (Å²) in [6.45, 7) is 3.36. The van der Waals surface area contributed by atoms with Gasteiger partial charge < -0.3 is 15.5 Å². The van der Waals surface area contributed by atoms with Crippen molar-refractivity contribution in [3.63, 3.8) is 0 Å². The van der Waals surface area contributed by atoms with E-state index in [4.69, 9.17) is 10.5 Å². The van der Waals surface area contributed by atoms with Gasteiger partial charge in [0.1, 0.15) is 5.75 Å². The highest BCUT2D eigenvalue weighted by atomic mass is 16.5. The quantitative estimate of drug-likeness (QED) is 0.748. The number of benzene rings is 2. The molecule has 1 heterocycles. The molecule has 3 rings (SSSR count). The minimum atomic E-state index is 0.674. The number of fused-ring (bicyclic) bond motifs is 1. The van der Waals surface area contributed by atoms with Crippen LogP contribution in [0.5, 0.6) is 5.75 Å². The first-order chi connectivity index (χ1) is 10.3. The summed E-state index contributed by atoms with van der Waals surface area (Å²) in [5.41, 5.74) is 10.5. The number of aromatic nitrogens is 1. The van der Waals surface area contributed by atoms with E-state index in [0.717, 1.165) is 17.7 Å². The second kappa shape index (κ2) is 6.02. The molecule has 108 valence electrons. The van der Waals surface area contributed by atoms with Crippen molar-refractivity contribution in [1.29, 1.82) is 0 Å². The van der Waals surface area contributed by atoms with Crippen LogP contribution >= 0.6 is 0 Å². The lowest BCUT2D eigenvalue weighted by molar-refractivity contribution is 0.340. The number of ether oxygens (including phenoxy) is 1. The van der Waals surface area contributed by atoms with Gasteiger partial charge in [-0.3, -0.25) is 0 Å². The maximum Gasteiger partial charge on any atom is 0.119 e. The van der Waals surface area contributed by atoms with Crippen molar-refractivity contribution in [2.75, 3.05) is 13.2 Å². The van der Waals surface area contributed by atoms with E-state index < -0.39 is 0 Å². The monoisotopic (exact) mass is 280 g/mol. The molecule has 0 radical (unpaired) electrons. The number of hydrogen-bond acceptors (Lipinski definition) is 2. The maximum absolute atomic E-state index is 5.64. The zero-order valence-corrected chi connectivity index (χ0v) is 12.2. The van der Waals surface area contributed by atoms with Crippen molar-refractivity contribution >= 4 is 10.9 Å². The first-order valence-electron chi connectivity index (χ1n) is 7.35. The lowest BCUT2D eigenvalue weighted by atomic mass is 10.0. The number of aromatic amines is 1. The molecule has 3 nitrogen and oxygen atoms in total. The lowest BCUT2D eigenvalue weighted by Gasteiger charge is -2.06. The summed E-state index contributed by atoms with van der Waals surface area (Å²) in [5.74, 6) is 0.910. The average molecular weight is 280 g/mol. The van der Waals surface area contributed by atoms with E-state index in [1.54, 1.807) is 0 Å². The van der Waals surface area contributed by atoms with Gasteiger partial charge >= 0.3 is 0 Å². The van der Waals surface area contributed by atoms with Gasteiger partial charge in [0.2, 0.25) is 0 Å². The molecule has 0 saturated heterocycles. The molecule has 0 spiro atoms. The van der Waals surface area contributed by atoms with E-state index in [2.05, 4.69) is 41.5 Å². The number of H-pyrrole nitrogens is 1. The first kappa shape index (κ1) is 13.7. The van der Waals surface area contributed by atoms with Crippen molar-refractivity contribution in [2.45, 2.75) is 13.3 Å². The maximum atomic E-state index is 5.64. The van der Waals surface area contributed by atoms with Gasteiger partial charge in [-0.2, -0.15) is 0 Å². The van der Waals surface area contributed by atoms with E-state index in [1.807, 2.05) is 19.1 Å². The van der Waals surface area contributed by atoms with Crippen LogP contribution in [-0.4, -0.2) is 18.1 Å². The molecule has 0 atom stereocenters. The molecule has 0 bridgehead atoms. The summed E-state index contributed by atoms with van der Waals surface area (Å²) in [5, 5.41) is 1.26. The molecule has 3 aromatic rings. The van der Waals surface area contributed by atoms with Crippen LogP contribution in [0.4, 0.5) is 0 Å². The fourth-order valence-electron chi connectivity index (χ4n) is 2.64. The molecule has 1 aromatic heterocycles. The van der Waals surface area contributed by atoms with Crippen molar-refractivity contribution < 1.29 is 4.74 Å². The van der Waals surface area contributed by atoms with Gasteiger partial charge in [-0.25, -0.2) is 0 Å². The Balaban J connectivity index is 1.93. The second-order valence-electron chi connectivity index (χ2n) is 5.07. The Bertz CT molecular complexity index is 729. The summed E-state index contributed by atoms with van der Waals surface area (Å²) in [6.07, 6.45) is 2.96. The normalized spacial score (nSPS) is 11.0. The van der Waals surface area contributed by atoms with Gasteiger partial charge in [0.05, 0.1) is 6.61 Å². The fourth-order valence-corrected chi connectivity index (χ4v) is 2.64. The van der Waals surface area contributed by atoms with Gasteiger partial charge in [-0.15, -0.1) is 0 Å². The van der Waals surface area contributed by atoms with Crippen LogP contribution in [0, 0.1) is 0 Å². The van der Waals surface area contributed by atoms with Crippen LogP contribution in [-0.2, 0) is 6.42 Å². The molecule has 3 N–H and O–H groups in total. The van der Waals surface area contributed by atoms with E-state index in [-0.39, 0.29) is 0 Å². The molecule has 0 aliphatic rings. The molecule has 0 aliphatic carbocycles. The van der Waals surface area contributed by atoms with Crippen LogP contribution in [0.1, 0.15) is 12.5 Å². The highest BCUT2D eigenvalue weighted by Gasteiger charge is 2.05. The third kappa shape index (κ3) is 2.78. The Kier molecular flexibility index (Phi) is 3.93. The molecule has 0 aliphatic heterocycles. The Morgan fingerprint density at radius 3 is 2.52 bits per heavy atom. The van der Waals surface area contributed by atoms with Crippen LogP contribution in [0.15, 0.2) is 48.7 Å². The summed E-state index contributed by atoms with van der Waals surface area (Å²) in [6, 6.07) is 14.7. The van der Waals surface area contributed by atoms with E-state index in [1.165, 1.54) is 22.1 Å². The second-order valence-corrected chi connectivity index (χ2v) is 5.07. The highest BCUT2D eigenvalue weighted by molar-refractivity contribution is 5.87. The summed E-state index contributed by atoms with van der Waals surface area (Å²) in [7, 11) is 0. The largest absolute Gasteiger partial charge is 0.494 e. The zero-order chi connectivity index (χ0) is 14.7. The summed E-state index contributed by atoms with van der Waals surface area (Å²) < 4.78 is 5.48. The molecule has 21 heavy (non-hydrogen) atoms. The third-order valence-corrected chi connectivity index (χ3v) is 3.68. The molecule has 0 fully saturated rings. The van der Waals surface area contributed by atoms with Crippen LogP contribution in [0.2, 0.25) is 0 Å². The minimum absolute atomic E-state index is 0.674. The fraction of sp³-hybridized carbons (Fsp3) is 0.222. The smallest absolute Gasteiger partial charge is 0.119 e. The molecular formula is C18H20N2O. The first-order valence-corrected chi connectivity index (χ1v) is 7.35. The highest BCUT2D eigenvalue weighted by Crippen LogP contribution is 2.27. The van der Waals surface area contributed by atoms with Gasteiger partial charge in [-0.1, -0.05) is 24.3 Å². The van der Waals surface area contributed by atoms with E-state index in [9.17, 15) is 0 Å². The Morgan fingerprint density at radius 2 is 1.81 bits per heavy atom. The van der Waals surface area contributed by atoms with Crippen LogP contribution in [0.3, 0.4) is 0 Å². The molecule has 0 unspecified atom stereocenters. The Hall–Kier alpha value is -2.26. The number of rotatable bonds is 5. The minimum Gasteiger partial charge on any atom is -0.494 e. The van der Waals surface area contributed by atoms with Crippen molar-refractivity contribution in [3.8, 4) is 16.9 Å². The molecule has 0 saturated carbocycles. The van der Waals surface area contributed by atoms with E-state index >= 15 is 0 Å². The SMILES string of the molecule is CCOc1ccc(-c2ccc3c(CCN)c[nH]c3c2)cc1. The Labute approximate surface area is 124 Å². The molecule has 3 heteroatoms. The summed E-state index contributed by atoms with van der Waals surface area (Å²) >= 11 is 0. The third-order valence-electron chi connectivity index (χ3n) is 3.68. The summed E-state index contributed by atoms with van der Waals surface area (Å²) in [4.78, 5) is 3.33. The number of hydrogen-bond donors (Lipinski definition) is 2. The van der Waals surface area contributed by atoms with Gasteiger partial charge in [0, 0.05) is 17.1 Å². The van der Waals surface area contributed by atoms with Crippen molar-refractivity contribution in [3.05, 3.63) is 54.2 Å². The molecular weight excluding hydrogens is 260 g/mol. The predicted octanol–water partition coefficient (Wildman–Crippen LogP) is 3.73. The van der Waals surface area contributed by atoms with E-state index in [0.29, 0.717) is 13.2 Å². The lowest BCUT2D eigenvalue weighted by Crippen LogP contribution is -2.01. The number of nitrogens with two attached hydrogens (primary N) is 1. The predicted molar refractivity (Wildman–Crippen MR) is 87.7 cm³/mol. The Morgan fingerprint density at radius 1 is 1.05 bits per heavy atom. The molecule has 2 aromatic carbocycles. The van der Waals surface area contributed by atoms with Crippen LogP contribution in [0.25, 0.3) is 22.0 Å². The zero-order valence-electron chi connectivity index (χ0n) is 12.2. The van der Waals surface area contributed by atoms with Gasteiger partial charge in [-0.05, 0) is 54.8 Å². The number of nitrogens with one attached hydrogen (secondary N) is 1. The topological polar surface area (TPSA) is 51.0 Å². The van der Waals surface area contributed by atoms with Crippen molar-refractivity contribution in [2.24, 2.45) is 5.73 Å². The van der Waals surface area contributed by atoms with Crippen molar-refractivity contribution in [1.82, 2.24) is 4.98 Å². The average Bonchev–Trinajstić information content (AvgIpc) is 2.91. The van der Waals surface area contributed by atoms with Gasteiger partial charge in [0.15, 0.2) is 0 Å². The molecule has 0 amide bonds. The standard InChI is InChI=1S/C18H20N2O/c1-2-21-16-6-3-13(4-7-16)14-5-8-17-15(9-10-19)12-20-18(17)11-14/h3-8,11-12,20H,2,9-10,19H2,1H3.